The van der Waals surface area contributed by atoms with Crippen LogP contribution in [0.1, 0.15) is 0 Å². The van der Waals surface area contributed by atoms with Gasteiger partial charge in [-0.1, -0.05) is 48.5 Å². The van der Waals surface area contributed by atoms with Crippen LogP contribution < -0.4 is 5.43 Å². The van der Waals surface area contributed by atoms with Crippen LogP contribution >= 0.6 is 0 Å². The predicted molar refractivity (Wildman–Crippen MR) is 85.4 cm³/mol. The van der Waals surface area contributed by atoms with E-state index in [2.05, 4.69) is 0 Å². The summed E-state index contributed by atoms with van der Waals surface area (Å²) in [5.41, 5.74) is 3.42. The normalized spacial score (nSPS) is 11.0. The number of fused-ring (bicyclic) bond motifs is 2. The Kier molecular flexibility index (Phi) is 2.61. The number of hydrogen-bond acceptors (Lipinski definition) is 2. The third-order valence-corrected chi connectivity index (χ3v) is 3.68. The maximum absolute atomic E-state index is 12.5. The summed E-state index contributed by atoms with van der Waals surface area (Å²) >= 11 is 0. The van der Waals surface area contributed by atoms with Crippen molar-refractivity contribution in [3.63, 3.8) is 0 Å². The van der Waals surface area contributed by atoms with Crippen molar-refractivity contribution in [1.82, 2.24) is 0 Å². The molecule has 1 heterocycles. The number of para-hydroxylation sites is 1. The maximum Gasteiger partial charge on any atom is 0.200 e. The summed E-state index contributed by atoms with van der Waals surface area (Å²) in [7, 11) is 0. The van der Waals surface area contributed by atoms with E-state index in [-0.39, 0.29) is 5.43 Å². The minimum Gasteiger partial charge on any atom is -0.456 e. The van der Waals surface area contributed by atoms with Gasteiger partial charge in [-0.05, 0) is 35.4 Å². The highest BCUT2D eigenvalue weighted by Crippen LogP contribution is 2.25. The van der Waals surface area contributed by atoms with Gasteiger partial charge < -0.3 is 4.42 Å². The monoisotopic (exact) mass is 272 g/mol. The molecule has 0 N–H and O–H groups in total. The van der Waals surface area contributed by atoms with Gasteiger partial charge in [0.1, 0.15) is 11.2 Å². The number of benzene rings is 3. The van der Waals surface area contributed by atoms with Crippen LogP contribution in [0.4, 0.5) is 0 Å². The first-order valence-electron chi connectivity index (χ1n) is 6.84. The van der Waals surface area contributed by atoms with Gasteiger partial charge in [-0.25, -0.2) is 0 Å². The van der Waals surface area contributed by atoms with E-state index in [1.165, 1.54) is 0 Å². The Labute approximate surface area is 121 Å². The molecule has 4 rings (SSSR count). The van der Waals surface area contributed by atoms with Crippen molar-refractivity contribution in [3.05, 3.63) is 83.0 Å². The SMILES string of the molecule is O=c1c2ccccc2oc2cc(-c3ccccc3)ccc12. The molecule has 0 bridgehead atoms. The third-order valence-electron chi connectivity index (χ3n) is 3.68. The first kappa shape index (κ1) is 11.9. The van der Waals surface area contributed by atoms with E-state index >= 15 is 0 Å². The van der Waals surface area contributed by atoms with Gasteiger partial charge in [-0.3, -0.25) is 4.79 Å². The van der Waals surface area contributed by atoms with Gasteiger partial charge in [0, 0.05) is 0 Å². The molecular formula is C19H12O2. The highest BCUT2D eigenvalue weighted by atomic mass is 16.3. The van der Waals surface area contributed by atoms with Gasteiger partial charge in [-0.2, -0.15) is 0 Å². The van der Waals surface area contributed by atoms with Gasteiger partial charge in [0.15, 0.2) is 0 Å². The fraction of sp³-hybridized carbons (Fsp3) is 0. The van der Waals surface area contributed by atoms with Crippen molar-refractivity contribution < 1.29 is 4.42 Å². The Morgan fingerprint density at radius 2 is 1.33 bits per heavy atom. The van der Waals surface area contributed by atoms with Crippen molar-refractivity contribution in [1.29, 1.82) is 0 Å². The molecule has 1 aromatic heterocycles. The summed E-state index contributed by atoms with van der Waals surface area (Å²) < 4.78 is 5.89. The number of rotatable bonds is 1. The lowest BCUT2D eigenvalue weighted by atomic mass is 10.0. The molecule has 0 aliphatic rings. The van der Waals surface area contributed by atoms with Crippen LogP contribution in [0.25, 0.3) is 33.1 Å². The van der Waals surface area contributed by atoms with Crippen molar-refractivity contribution in [2.45, 2.75) is 0 Å². The van der Waals surface area contributed by atoms with E-state index in [4.69, 9.17) is 4.42 Å². The molecule has 2 heteroatoms. The minimum atomic E-state index is 0.0199. The molecule has 0 radical (unpaired) electrons. The fourth-order valence-electron chi connectivity index (χ4n) is 2.61. The van der Waals surface area contributed by atoms with Crippen molar-refractivity contribution in [3.8, 4) is 11.1 Å². The highest BCUT2D eigenvalue weighted by molar-refractivity contribution is 5.91. The molecule has 0 aliphatic heterocycles. The molecule has 0 fully saturated rings. The Morgan fingerprint density at radius 1 is 0.619 bits per heavy atom. The standard InChI is InChI=1S/C19H12O2/c20-19-15-8-4-5-9-17(15)21-18-12-14(10-11-16(18)19)13-6-2-1-3-7-13/h1-12H. The van der Waals surface area contributed by atoms with Crippen LogP contribution in [0, 0.1) is 0 Å². The zero-order chi connectivity index (χ0) is 14.2. The largest absolute Gasteiger partial charge is 0.456 e. The van der Waals surface area contributed by atoms with E-state index in [9.17, 15) is 4.79 Å². The Balaban J connectivity index is 2.04. The average molecular weight is 272 g/mol. The molecule has 21 heavy (non-hydrogen) atoms. The molecule has 0 atom stereocenters. The maximum atomic E-state index is 12.5. The zero-order valence-corrected chi connectivity index (χ0v) is 11.2. The first-order valence-corrected chi connectivity index (χ1v) is 6.84. The lowest BCUT2D eigenvalue weighted by molar-refractivity contribution is 0.660. The molecule has 0 amide bonds. The zero-order valence-electron chi connectivity index (χ0n) is 11.2. The van der Waals surface area contributed by atoms with E-state index in [0.717, 1.165) is 11.1 Å². The Morgan fingerprint density at radius 3 is 2.19 bits per heavy atom. The molecule has 0 saturated heterocycles. The van der Waals surface area contributed by atoms with Gasteiger partial charge in [-0.15, -0.1) is 0 Å². The van der Waals surface area contributed by atoms with Crippen LogP contribution in [0.3, 0.4) is 0 Å². The molecule has 0 aliphatic carbocycles. The second-order valence-electron chi connectivity index (χ2n) is 5.00. The third kappa shape index (κ3) is 1.93. The lowest BCUT2D eigenvalue weighted by Gasteiger charge is -2.04. The van der Waals surface area contributed by atoms with E-state index in [0.29, 0.717) is 21.9 Å². The second-order valence-corrected chi connectivity index (χ2v) is 5.00. The van der Waals surface area contributed by atoms with Gasteiger partial charge in [0.05, 0.1) is 10.8 Å². The van der Waals surface area contributed by atoms with Crippen LogP contribution in [0.5, 0.6) is 0 Å². The van der Waals surface area contributed by atoms with Gasteiger partial charge in [0.2, 0.25) is 5.43 Å². The van der Waals surface area contributed by atoms with E-state index < -0.39 is 0 Å². The molecule has 100 valence electrons. The lowest BCUT2D eigenvalue weighted by Crippen LogP contribution is -2.01. The predicted octanol–water partition coefficient (Wildman–Crippen LogP) is 4.61. The smallest absolute Gasteiger partial charge is 0.200 e. The summed E-state index contributed by atoms with van der Waals surface area (Å²) in [6, 6.07) is 23.1. The minimum absolute atomic E-state index is 0.0199. The first-order chi connectivity index (χ1) is 10.3. The number of hydrogen-bond donors (Lipinski definition) is 0. The van der Waals surface area contributed by atoms with Crippen LogP contribution in [-0.4, -0.2) is 0 Å². The van der Waals surface area contributed by atoms with E-state index in [1.54, 1.807) is 6.07 Å². The van der Waals surface area contributed by atoms with Crippen LogP contribution in [0.2, 0.25) is 0 Å². The summed E-state index contributed by atoms with van der Waals surface area (Å²) in [6.45, 7) is 0. The highest BCUT2D eigenvalue weighted by Gasteiger charge is 2.08. The van der Waals surface area contributed by atoms with Crippen molar-refractivity contribution >= 4 is 21.9 Å². The van der Waals surface area contributed by atoms with Gasteiger partial charge >= 0.3 is 0 Å². The molecule has 0 spiro atoms. The second kappa shape index (κ2) is 4.60. The fourth-order valence-corrected chi connectivity index (χ4v) is 2.61. The summed E-state index contributed by atoms with van der Waals surface area (Å²) in [6.07, 6.45) is 0. The molecule has 0 saturated carbocycles. The average Bonchev–Trinajstić information content (AvgIpc) is 2.55. The van der Waals surface area contributed by atoms with E-state index in [1.807, 2.05) is 66.7 Å². The van der Waals surface area contributed by atoms with Crippen molar-refractivity contribution in [2.24, 2.45) is 0 Å². The van der Waals surface area contributed by atoms with Crippen LogP contribution in [0.15, 0.2) is 82.0 Å². The molecular weight excluding hydrogens is 260 g/mol. The van der Waals surface area contributed by atoms with Crippen molar-refractivity contribution in [2.75, 3.05) is 0 Å². The summed E-state index contributed by atoms with van der Waals surface area (Å²) in [5.74, 6) is 0. The molecule has 4 aromatic rings. The molecule has 2 nitrogen and oxygen atoms in total. The molecule has 0 unspecified atom stereocenters. The molecule has 3 aromatic carbocycles. The Hall–Kier alpha value is -2.87. The quantitative estimate of drug-likeness (QED) is 0.473. The summed E-state index contributed by atoms with van der Waals surface area (Å²) in [5, 5.41) is 1.24. The Bertz CT molecular complexity index is 998. The van der Waals surface area contributed by atoms with Gasteiger partial charge in [0.25, 0.3) is 0 Å². The topological polar surface area (TPSA) is 30.2 Å². The summed E-state index contributed by atoms with van der Waals surface area (Å²) in [4.78, 5) is 12.5. The van der Waals surface area contributed by atoms with Crippen LogP contribution in [-0.2, 0) is 0 Å².